The Hall–Kier alpha value is -2.35. The molecule has 3 rings (SSSR count). The van der Waals surface area contributed by atoms with Crippen molar-refractivity contribution >= 4 is 23.4 Å². The first-order chi connectivity index (χ1) is 14.5. The van der Waals surface area contributed by atoms with Gasteiger partial charge in [-0.05, 0) is 26.7 Å². The molecule has 1 amide bonds. The molecule has 1 N–H and O–H groups in total. The molecule has 8 heteroatoms. The number of hydrogen-bond acceptors (Lipinski definition) is 6. The van der Waals surface area contributed by atoms with Crippen molar-refractivity contribution in [1.29, 1.82) is 0 Å². The zero-order valence-corrected chi connectivity index (χ0v) is 19.2. The largest absolute Gasteiger partial charge is 0.493 e. The van der Waals surface area contributed by atoms with Crippen LogP contribution in [0.1, 0.15) is 49.5 Å². The molecule has 0 saturated heterocycles. The van der Waals surface area contributed by atoms with Crippen LogP contribution in [0, 0.1) is 13.8 Å². The fourth-order valence-electron chi connectivity index (χ4n) is 3.95. The maximum absolute atomic E-state index is 12.6. The van der Waals surface area contributed by atoms with Gasteiger partial charge in [-0.3, -0.25) is 4.79 Å². The number of aromatic nitrogens is 2. The monoisotopic (exact) mass is 433 g/mol. The van der Waals surface area contributed by atoms with Gasteiger partial charge in [-0.2, -0.15) is 0 Å². The highest BCUT2D eigenvalue weighted by Gasteiger charge is 2.22. The number of thioether (sulfide) groups is 1. The summed E-state index contributed by atoms with van der Waals surface area (Å²) >= 11 is 1.48. The molecule has 0 spiro atoms. The fraction of sp³-hybridized carbons (Fsp3) is 0.545. The van der Waals surface area contributed by atoms with Crippen LogP contribution < -0.4 is 19.5 Å². The van der Waals surface area contributed by atoms with Crippen LogP contribution in [0.15, 0.2) is 17.3 Å². The molecule has 0 radical (unpaired) electrons. The predicted octanol–water partition coefficient (Wildman–Crippen LogP) is 4.76. The lowest BCUT2D eigenvalue weighted by atomic mass is 9.95. The van der Waals surface area contributed by atoms with Gasteiger partial charge in [-0.1, -0.05) is 31.0 Å². The minimum Gasteiger partial charge on any atom is -0.493 e. The van der Waals surface area contributed by atoms with E-state index in [0.717, 1.165) is 10.9 Å². The van der Waals surface area contributed by atoms with E-state index in [1.165, 1.54) is 49.6 Å². The number of anilines is 1. The second-order valence-electron chi connectivity index (χ2n) is 7.48. The van der Waals surface area contributed by atoms with E-state index in [1.807, 2.05) is 6.92 Å². The number of carbonyl (C=O) groups is 1. The molecule has 1 heterocycles. The van der Waals surface area contributed by atoms with Gasteiger partial charge in [0.05, 0.1) is 32.8 Å². The van der Waals surface area contributed by atoms with Gasteiger partial charge in [-0.15, -0.1) is 0 Å². The second-order valence-corrected chi connectivity index (χ2v) is 8.42. The summed E-state index contributed by atoms with van der Waals surface area (Å²) in [6, 6.07) is 3.93. The molecule has 1 aliphatic carbocycles. The lowest BCUT2D eigenvalue weighted by molar-refractivity contribution is -0.113. The molecule has 1 aromatic carbocycles. The Morgan fingerprint density at radius 1 is 1.10 bits per heavy atom. The van der Waals surface area contributed by atoms with E-state index in [2.05, 4.69) is 16.8 Å². The van der Waals surface area contributed by atoms with Crippen LogP contribution in [0.3, 0.4) is 0 Å². The average Bonchev–Trinajstić information content (AvgIpc) is 3.05. The number of rotatable bonds is 8. The lowest BCUT2D eigenvalue weighted by Gasteiger charge is -2.26. The van der Waals surface area contributed by atoms with Crippen molar-refractivity contribution in [1.82, 2.24) is 9.55 Å². The molecule has 1 fully saturated rings. The van der Waals surface area contributed by atoms with Gasteiger partial charge in [0.2, 0.25) is 11.7 Å². The van der Waals surface area contributed by atoms with Crippen molar-refractivity contribution < 1.29 is 19.0 Å². The predicted molar refractivity (Wildman–Crippen MR) is 119 cm³/mol. The van der Waals surface area contributed by atoms with Gasteiger partial charge >= 0.3 is 0 Å². The Kier molecular flexibility index (Phi) is 7.53. The number of aryl methyl sites for hydroxylation is 1. The van der Waals surface area contributed by atoms with Crippen LogP contribution >= 0.6 is 11.8 Å². The number of nitrogens with one attached hydrogen (secondary N) is 1. The molecule has 1 saturated carbocycles. The minimum atomic E-state index is -0.109. The number of ether oxygens (including phenoxy) is 3. The lowest BCUT2D eigenvalue weighted by Crippen LogP contribution is -2.17. The summed E-state index contributed by atoms with van der Waals surface area (Å²) < 4.78 is 18.4. The van der Waals surface area contributed by atoms with E-state index in [-0.39, 0.29) is 11.7 Å². The summed E-state index contributed by atoms with van der Waals surface area (Å²) in [5, 5.41) is 3.85. The van der Waals surface area contributed by atoms with Crippen LogP contribution in [-0.4, -0.2) is 42.5 Å². The number of hydrogen-bond donors (Lipinski definition) is 1. The number of imidazole rings is 1. The summed E-state index contributed by atoms with van der Waals surface area (Å²) in [6.07, 6.45) is 6.19. The van der Waals surface area contributed by atoms with E-state index in [1.54, 1.807) is 33.5 Å². The molecule has 2 aromatic rings. The van der Waals surface area contributed by atoms with Crippen molar-refractivity contribution in [2.24, 2.45) is 0 Å². The number of amides is 1. The van der Waals surface area contributed by atoms with Gasteiger partial charge < -0.3 is 24.1 Å². The van der Waals surface area contributed by atoms with Gasteiger partial charge in [0.15, 0.2) is 16.7 Å². The molecule has 164 valence electrons. The molecular weight excluding hydrogens is 402 g/mol. The third-order valence-corrected chi connectivity index (χ3v) is 6.53. The van der Waals surface area contributed by atoms with Crippen molar-refractivity contribution in [3.63, 3.8) is 0 Å². The molecule has 7 nitrogen and oxygen atoms in total. The normalized spacial score (nSPS) is 14.4. The summed E-state index contributed by atoms with van der Waals surface area (Å²) in [5.74, 6) is 1.66. The van der Waals surface area contributed by atoms with Crippen molar-refractivity contribution in [3.8, 4) is 17.2 Å². The highest BCUT2D eigenvalue weighted by Crippen LogP contribution is 2.40. The van der Waals surface area contributed by atoms with Crippen LogP contribution in [-0.2, 0) is 4.79 Å². The Morgan fingerprint density at radius 2 is 1.73 bits per heavy atom. The number of methoxy groups -OCH3 is 3. The molecule has 0 aliphatic heterocycles. The van der Waals surface area contributed by atoms with Crippen LogP contribution in [0.25, 0.3) is 0 Å². The molecular formula is C22H31N3O4S. The topological polar surface area (TPSA) is 74.6 Å². The molecule has 0 atom stereocenters. The Balaban J connectivity index is 1.70. The van der Waals surface area contributed by atoms with Gasteiger partial charge in [0, 0.05) is 29.6 Å². The minimum absolute atomic E-state index is 0.109. The van der Waals surface area contributed by atoms with E-state index < -0.39 is 0 Å². The molecule has 0 bridgehead atoms. The van der Waals surface area contributed by atoms with Crippen molar-refractivity contribution in [2.75, 3.05) is 32.4 Å². The third-order valence-electron chi connectivity index (χ3n) is 5.58. The summed E-state index contributed by atoms with van der Waals surface area (Å²) in [4.78, 5) is 17.4. The van der Waals surface area contributed by atoms with Gasteiger partial charge in [-0.25, -0.2) is 4.98 Å². The molecule has 0 unspecified atom stereocenters. The van der Waals surface area contributed by atoms with E-state index in [9.17, 15) is 4.79 Å². The second kappa shape index (κ2) is 10.1. The quantitative estimate of drug-likeness (QED) is 0.605. The number of carbonyl (C=O) groups excluding carboxylic acids is 1. The number of benzene rings is 1. The summed E-state index contributed by atoms with van der Waals surface area (Å²) in [5.41, 5.74) is 2.83. The smallest absolute Gasteiger partial charge is 0.234 e. The third kappa shape index (κ3) is 4.86. The van der Waals surface area contributed by atoms with Gasteiger partial charge in [0.1, 0.15) is 0 Å². The zero-order valence-electron chi connectivity index (χ0n) is 18.4. The van der Waals surface area contributed by atoms with E-state index in [0.29, 0.717) is 29.0 Å². The molecule has 1 aliphatic rings. The van der Waals surface area contributed by atoms with E-state index >= 15 is 0 Å². The molecule has 30 heavy (non-hydrogen) atoms. The van der Waals surface area contributed by atoms with Gasteiger partial charge in [0.25, 0.3) is 0 Å². The Morgan fingerprint density at radius 3 is 2.30 bits per heavy atom. The van der Waals surface area contributed by atoms with Crippen molar-refractivity contribution in [2.45, 2.75) is 57.1 Å². The van der Waals surface area contributed by atoms with Crippen LogP contribution in [0.2, 0.25) is 0 Å². The zero-order chi connectivity index (χ0) is 21.7. The van der Waals surface area contributed by atoms with Crippen LogP contribution in [0.5, 0.6) is 17.2 Å². The maximum Gasteiger partial charge on any atom is 0.234 e. The van der Waals surface area contributed by atoms with E-state index in [4.69, 9.17) is 19.2 Å². The highest BCUT2D eigenvalue weighted by atomic mass is 32.2. The summed E-state index contributed by atoms with van der Waals surface area (Å²) in [6.45, 7) is 4.16. The van der Waals surface area contributed by atoms with Crippen LogP contribution in [0.4, 0.5) is 5.69 Å². The average molecular weight is 434 g/mol. The summed E-state index contributed by atoms with van der Waals surface area (Å²) in [7, 11) is 4.65. The first-order valence-corrected chi connectivity index (χ1v) is 11.2. The number of nitrogens with zero attached hydrogens (tertiary/aromatic N) is 2. The SMILES string of the molecule is COc1cc(NC(=O)CSc2nc(C)c(C)n2C2CCCCC2)cc(OC)c1OC. The first kappa shape index (κ1) is 22.3. The Bertz CT molecular complexity index is 866. The maximum atomic E-state index is 12.6. The Labute approximate surface area is 182 Å². The molecule has 1 aromatic heterocycles. The van der Waals surface area contributed by atoms with Crippen molar-refractivity contribution in [3.05, 3.63) is 23.5 Å². The highest BCUT2D eigenvalue weighted by molar-refractivity contribution is 7.99. The standard InChI is InChI=1S/C22H31N3O4S/c1-14-15(2)25(17-9-7-6-8-10-17)22(23-14)30-13-20(26)24-16-11-18(27-3)21(29-5)19(12-16)28-4/h11-12,17H,6-10,13H2,1-5H3,(H,24,26). The first-order valence-electron chi connectivity index (χ1n) is 10.3. The fourth-order valence-corrected chi connectivity index (χ4v) is 4.91.